The van der Waals surface area contributed by atoms with Gasteiger partial charge in [-0.05, 0) is 37.8 Å². The molecule has 0 aliphatic heterocycles. The predicted molar refractivity (Wildman–Crippen MR) is 78.8 cm³/mol. The zero-order valence-corrected chi connectivity index (χ0v) is 11.9. The lowest BCUT2D eigenvalue weighted by Crippen LogP contribution is -2.14. The zero-order valence-electron chi connectivity index (χ0n) is 11.9. The number of para-hydroxylation sites is 1. The van der Waals surface area contributed by atoms with Crippen LogP contribution in [0.15, 0.2) is 18.2 Å². The minimum atomic E-state index is -0.390. The van der Waals surface area contributed by atoms with Crippen LogP contribution in [-0.2, 0) is 9.47 Å². The maximum atomic E-state index is 11.7. The summed E-state index contributed by atoms with van der Waals surface area (Å²) in [4.78, 5) is 11.7. The van der Waals surface area contributed by atoms with Crippen LogP contribution in [0.3, 0.4) is 0 Å². The number of benzene rings is 1. The number of hydrogen-bond acceptors (Lipinski definition) is 5. The van der Waals surface area contributed by atoms with Crippen LogP contribution in [0.1, 0.15) is 30.1 Å². The van der Waals surface area contributed by atoms with E-state index in [1.165, 1.54) is 12.8 Å². The number of carbonyl (C=O) groups is 1. The second-order valence-electron chi connectivity index (χ2n) is 4.93. The van der Waals surface area contributed by atoms with Crippen LogP contribution in [0.5, 0.6) is 0 Å². The molecule has 20 heavy (non-hydrogen) atoms. The number of nitrogen functional groups attached to an aromatic ring is 1. The van der Waals surface area contributed by atoms with E-state index in [1.807, 2.05) is 6.07 Å². The summed E-state index contributed by atoms with van der Waals surface area (Å²) in [5, 5.41) is 3.19. The van der Waals surface area contributed by atoms with Gasteiger partial charge < -0.3 is 20.5 Å². The molecular formula is C15H22N2O3. The molecule has 1 fully saturated rings. The number of hydrogen-bond donors (Lipinski definition) is 2. The van der Waals surface area contributed by atoms with E-state index < -0.39 is 5.97 Å². The van der Waals surface area contributed by atoms with Crippen molar-refractivity contribution in [1.29, 1.82) is 0 Å². The van der Waals surface area contributed by atoms with E-state index in [0.29, 0.717) is 31.0 Å². The molecule has 0 unspecified atom stereocenters. The fourth-order valence-corrected chi connectivity index (χ4v) is 1.90. The van der Waals surface area contributed by atoms with Crippen LogP contribution in [0.4, 0.5) is 11.4 Å². The predicted octanol–water partition coefficient (Wildman–Crippen LogP) is 2.28. The van der Waals surface area contributed by atoms with Crippen molar-refractivity contribution in [2.45, 2.75) is 19.8 Å². The van der Waals surface area contributed by atoms with E-state index in [1.54, 1.807) is 19.1 Å². The average Bonchev–Trinajstić information content (AvgIpc) is 3.24. The lowest BCUT2D eigenvalue weighted by atomic mass is 10.1. The first-order valence-electron chi connectivity index (χ1n) is 7.09. The van der Waals surface area contributed by atoms with Crippen molar-refractivity contribution in [1.82, 2.24) is 0 Å². The van der Waals surface area contributed by atoms with Gasteiger partial charge in [0, 0.05) is 13.2 Å². The van der Waals surface area contributed by atoms with E-state index >= 15 is 0 Å². The van der Waals surface area contributed by atoms with Gasteiger partial charge in [0.15, 0.2) is 0 Å². The highest BCUT2D eigenvalue weighted by molar-refractivity contribution is 5.98. The quantitative estimate of drug-likeness (QED) is 0.433. The first-order chi connectivity index (χ1) is 9.72. The summed E-state index contributed by atoms with van der Waals surface area (Å²) >= 11 is 0. The first kappa shape index (κ1) is 14.7. The Kier molecular flexibility index (Phi) is 5.24. The van der Waals surface area contributed by atoms with E-state index in [9.17, 15) is 4.79 Å². The first-order valence-corrected chi connectivity index (χ1v) is 7.09. The Morgan fingerprint density at radius 2 is 2.25 bits per heavy atom. The Morgan fingerprint density at radius 3 is 2.95 bits per heavy atom. The Balaban J connectivity index is 1.83. The number of nitrogens with one attached hydrogen (secondary N) is 1. The molecule has 0 spiro atoms. The van der Waals surface area contributed by atoms with Crippen molar-refractivity contribution in [3.8, 4) is 0 Å². The molecule has 3 N–H and O–H groups in total. The van der Waals surface area contributed by atoms with Crippen molar-refractivity contribution in [2.24, 2.45) is 5.92 Å². The molecule has 5 nitrogen and oxygen atoms in total. The number of ether oxygens (including phenoxy) is 2. The Hall–Kier alpha value is -1.75. The SMILES string of the molecule is CCOC(=O)c1cccc(NCCOCC2CC2)c1N. The van der Waals surface area contributed by atoms with Gasteiger partial charge in [0.25, 0.3) is 0 Å². The van der Waals surface area contributed by atoms with Crippen molar-refractivity contribution in [3.63, 3.8) is 0 Å². The second kappa shape index (κ2) is 7.14. The Bertz CT molecular complexity index is 458. The molecule has 1 aromatic rings. The van der Waals surface area contributed by atoms with Crippen LogP contribution >= 0.6 is 0 Å². The molecule has 1 saturated carbocycles. The van der Waals surface area contributed by atoms with Gasteiger partial charge in [-0.25, -0.2) is 4.79 Å². The zero-order chi connectivity index (χ0) is 14.4. The standard InChI is InChI=1S/C15H22N2O3/c1-2-20-15(18)12-4-3-5-13(14(12)16)17-8-9-19-10-11-6-7-11/h3-5,11,17H,2,6-10,16H2,1H3. The van der Waals surface area contributed by atoms with Crippen molar-refractivity contribution >= 4 is 17.3 Å². The molecule has 0 amide bonds. The van der Waals surface area contributed by atoms with E-state index in [0.717, 1.165) is 18.2 Å². The number of rotatable bonds is 8. The van der Waals surface area contributed by atoms with Gasteiger partial charge in [-0.3, -0.25) is 0 Å². The second-order valence-corrected chi connectivity index (χ2v) is 4.93. The summed E-state index contributed by atoms with van der Waals surface area (Å²) in [5.74, 6) is 0.380. The number of carbonyl (C=O) groups excluding carboxylic acids is 1. The third-order valence-electron chi connectivity index (χ3n) is 3.21. The summed E-state index contributed by atoms with van der Waals surface area (Å²) in [6.45, 7) is 4.27. The van der Waals surface area contributed by atoms with Crippen molar-refractivity contribution in [3.05, 3.63) is 23.8 Å². The smallest absolute Gasteiger partial charge is 0.340 e. The highest BCUT2D eigenvalue weighted by Gasteiger charge is 2.20. The van der Waals surface area contributed by atoms with Crippen LogP contribution in [0.25, 0.3) is 0 Å². The molecule has 1 aromatic carbocycles. The molecule has 1 aliphatic carbocycles. The van der Waals surface area contributed by atoms with Crippen LogP contribution in [0, 0.1) is 5.92 Å². The van der Waals surface area contributed by atoms with Crippen molar-refractivity contribution in [2.75, 3.05) is 37.4 Å². The van der Waals surface area contributed by atoms with Gasteiger partial charge in [0.1, 0.15) is 0 Å². The van der Waals surface area contributed by atoms with Gasteiger partial charge in [-0.2, -0.15) is 0 Å². The average molecular weight is 278 g/mol. The molecule has 110 valence electrons. The minimum Gasteiger partial charge on any atom is -0.462 e. The molecule has 5 heteroatoms. The van der Waals surface area contributed by atoms with Gasteiger partial charge in [0.2, 0.25) is 0 Å². The monoisotopic (exact) mass is 278 g/mol. The van der Waals surface area contributed by atoms with E-state index in [2.05, 4.69) is 5.32 Å². The largest absolute Gasteiger partial charge is 0.462 e. The highest BCUT2D eigenvalue weighted by Crippen LogP contribution is 2.28. The number of anilines is 2. The van der Waals surface area contributed by atoms with Gasteiger partial charge in [-0.15, -0.1) is 0 Å². The summed E-state index contributed by atoms with van der Waals surface area (Å²) in [7, 11) is 0. The molecule has 0 saturated heterocycles. The normalized spacial score (nSPS) is 14.1. The van der Waals surface area contributed by atoms with Gasteiger partial charge in [-0.1, -0.05) is 6.07 Å². The lowest BCUT2D eigenvalue weighted by molar-refractivity contribution is 0.0527. The molecular weight excluding hydrogens is 256 g/mol. The summed E-state index contributed by atoms with van der Waals surface area (Å²) in [5.41, 5.74) is 7.55. The third kappa shape index (κ3) is 4.13. The third-order valence-corrected chi connectivity index (χ3v) is 3.21. The fourth-order valence-electron chi connectivity index (χ4n) is 1.90. The van der Waals surface area contributed by atoms with E-state index in [4.69, 9.17) is 15.2 Å². The molecule has 0 heterocycles. The molecule has 0 aromatic heterocycles. The Labute approximate surface area is 119 Å². The van der Waals surface area contributed by atoms with Crippen LogP contribution in [0.2, 0.25) is 0 Å². The van der Waals surface area contributed by atoms with Crippen LogP contribution in [-0.4, -0.2) is 32.3 Å². The van der Waals surface area contributed by atoms with E-state index in [-0.39, 0.29) is 0 Å². The lowest BCUT2D eigenvalue weighted by Gasteiger charge is -2.12. The summed E-state index contributed by atoms with van der Waals surface area (Å²) in [6.07, 6.45) is 2.59. The molecule has 0 atom stereocenters. The highest BCUT2D eigenvalue weighted by atomic mass is 16.5. The molecule has 0 radical (unpaired) electrons. The summed E-state index contributed by atoms with van der Waals surface area (Å²) < 4.78 is 10.5. The number of esters is 1. The van der Waals surface area contributed by atoms with Crippen molar-refractivity contribution < 1.29 is 14.3 Å². The number of nitrogens with two attached hydrogens (primary N) is 1. The van der Waals surface area contributed by atoms with Crippen LogP contribution < -0.4 is 11.1 Å². The fraction of sp³-hybridized carbons (Fsp3) is 0.533. The molecule has 0 bridgehead atoms. The topological polar surface area (TPSA) is 73.6 Å². The summed E-state index contributed by atoms with van der Waals surface area (Å²) in [6, 6.07) is 5.30. The van der Waals surface area contributed by atoms with Gasteiger partial charge in [0.05, 0.1) is 30.2 Å². The maximum Gasteiger partial charge on any atom is 0.340 e. The molecule has 2 rings (SSSR count). The molecule has 1 aliphatic rings. The minimum absolute atomic E-state index is 0.338. The maximum absolute atomic E-state index is 11.7. The Morgan fingerprint density at radius 1 is 1.45 bits per heavy atom. The van der Waals surface area contributed by atoms with Gasteiger partial charge >= 0.3 is 5.97 Å².